The second-order valence-corrected chi connectivity index (χ2v) is 6.38. The maximum atomic E-state index is 12.4. The first-order chi connectivity index (χ1) is 12.9. The molecule has 1 aromatic carbocycles. The molecule has 0 fully saturated rings. The summed E-state index contributed by atoms with van der Waals surface area (Å²) < 4.78 is 10.5. The molecular weight excluding hydrogens is 346 g/mol. The topological polar surface area (TPSA) is 89.5 Å². The van der Waals surface area contributed by atoms with Crippen LogP contribution in [0.3, 0.4) is 0 Å². The lowest BCUT2D eigenvalue weighted by Gasteiger charge is -2.11. The number of benzene rings is 1. The van der Waals surface area contributed by atoms with Gasteiger partial charge in [-0.1, -0.05) is 26.0 Å². The number of carbonyl (C=O) groups excluding carboxylic acids is 2. The molecule has 0 atom stereocenters. The Morgan fingerprint density at radius 1 is 0.963 bits per heavy atom. The number of nitrogens with one attached hydrogen (secondary N) is 2. The summed E-state index contributed by atoms with van der Waals surface area (Å²) in [6, 6.07) is 10.2. The first-order valence-corrected chi connectivity index (χ1v) is 8.69. The van der Waals surface area contributed by atoms with Crippen LogP contribution in [0.15, 0.2) is 36.4 Å². The van der Waals surface area contributed by atoms with Crippen molar-refractivity contribution in [1.82, 2.24) is 15.6 Å². The van der Waals surface area contributed by atoms with Crippen LogP contribution < -0.4 is 20.1 Å². The molecule has 144 valence electrons. The number of methoxy groups -OCH3 is 2. The van der Waals surface area contributed by atoms with E-state index in [1.54, 1.807) is 44.6 Å². The molecule has 2 rings (SSSR count). The third-order valence-corrected chi connectivity index (χ3v) is 3.79. The quantitative estimate of drug-likeness (QED) is 0.744. The van der Waals surface area contributed by atoms with E-state index in [1.165, 1.54) is 0 Å². The zero-order valence-corrected chi connectivity index (χ0v) is 16.0. The zero-order valence-electron chi connectivity index (χ0n) is 16.0. The molecule has 0 aliphatic rings. The molecule has 2 N–H and O–H groups in total. The molecule has 1 aromatic heterocycles. The van der Waals surface area contributed by atoms with E-state index < -0.39 is 0 Å². The first kappa shape index (κ1) is 20.2. The number of ether oxygens (including phenoxy) is 2. The van der Waals surface area contributed by atoms with E-state index in [9.17, 15) is 9.59 Å². The number of rotatable bonds is 8. The van der Waals surface area contributed by atoms with Gasteiger partial charge in [-0.3, -0.25) is 9.59 Å². The van der Waals surface area contributed by atoms with E-state index >= 15 is 0 Å². The van der Waals surface area contributed by atoms with Gasteiger partial charge < -0.3 is 20.1 Å². The predicted octanol–water partition coefficient (Wildman–Crippen LogP) is 2.41. The standard InChI is InChI=1S/C20H25N3O4/c1-13(2)11-21-19(24)15-6-5-7-16(23-15)20(25)22-12-14-8-9-17(26-3)18(10-14)27-4/h5-10,13H,11-12H2,1-4H3,(H,21,24)(H,22,25). The fourth-order valence-electron chi connectivity index (χ4n) is 2.34. The van der Waals surface area contributed by atoms with E-state index in [2.05, 4.69) is 15.6 Å². The zero-order chi connectivity index (χ0) is 19.8. The summed E-state index contributed by atoms with van der Waals surface area (Å²) in [5.41, 5.74) is 1.26. The summed E-state index contributed by atoms with van der Waals surface area (Å²) in [7, 11) is 3.12. The average Bonchev–Trinajstić information content (AvgIpc) is 2.69. The maximum absolute atomic E-state index is 12.4. The van der Waals surface area contributed by atoms with Crippen molar-refractivity contribution < 1.29 is 19.1 Å². The minimum absolute atomic E-state index is 0.188. The maximum Gasteiger partial charge on any atom is 0.270 e. The van der Waals surface area contributed by atoms with E-state index in [0.717, 1.165) is 5.56 Å². The molecule has 0 aliphatic carbocycles. The monoisotopic (exact) mass is 371 g/mol. The SMILES string of the molecule is COc1ccc(CNC(=O)c2cccc(C(=O)NCC(C)C)n2)cc1OC. The second-order valence-electron chi connectivity index (χ2n) is 6.38. The van der Waals surface area contributed by atoms with E-state index in [-0.39, 0.29) is 23.2 Å². The first-order valence-electron chi connectivity index (χ1n) is 8.69. The molecule has 0 aliphatic heterocycles. The largest absolute Gasteiger partial charge is 0.493 e. The van der Waals surface area contributed by atoms with Gasteiger partial charge in [0.05, 0.1) is 14.2 Å². The van der Waals surface area contributed by atoms with Crippen LogP contribution in [0.25, 0.3) is 0 Å². The average molecular weight is 371 g/mol. The van der Waals surface area contributed by atoms with Crippen molar-refractivity contribution in [3.05, 3.63) is 53.3 Å². The Morgan fingerprint density at radius 2 is 1.59 bits per heavy atom. The van der Waals surface area contributed by atoms with Gasteiger partial charge in [0.2, 0.25) is 0 Å². The van der Waals surface area contributed by atoms with Gasteiger partial charge in [0, 0.05) is 13.1 Å². The van der Waals surface area contributed by atoms with Crippen LogP contribution in [0.5, 0.6) is 11.5 Å². The second kappa shape index (κ2) is 9.56. The summed E-state index contributed by atoms with van der Waals surface area (Å²) >= 11 is 0. The summed E-state index contributed by atoms with van der Waals surface area (Å²) in [6.07, 6.45) is 0. The molecular formula is C20H25N3O4. The van der Waals surface area contributed by atoms with Crippen molar-refractivity contribution in [1.29, 1.82) is 0 Å². The van der Waals surface area contributed by atoms with Gasteiger partial charge in [-0.2, -0.15) is 0 Å². The highest BCUT2D eigenvalue weighted by Gasteiger charge is 2.13. The Morgan fingerprint density at radius 3 is 2.19 bits per heavy atom. The fourth-order valence-corrected chi connectivity index (χ4v) is 2.34. The lowest BCUT2D eigenvalue weighted by molar-refractivity contribution is 0.0940. The van der Waals surface area contributed by atoms with E-state index in [4.69, 9.17) is 9.47 Å². The third-order valence-electron chi connectivity index (χ3n) is 3.79. The molecule has 0 unspecified atom stereocenters. The van der Waals surface area contributed by atoms with Crippen molar-refractivity contribution in [3.63, 3.8) is 0 Å². The molecule has 7 nitrogen and oxygen atoms in total. The van der Waals surface area contributed by atoms with Crippen LogP contribution in [-0.4, -0.2) is 37.6 Å². The molecule has 1 heterocycles. The minimum atomic E-state index is -0.358. The smallest absolute Gasteiger partial charge is 0.270 e. The Bertz CT molecular complexity index is 806. The van der Waals surface area contributed by atoms with Crippen molar-refractivity contribution in [2.75, 3.05) is 20.8 Å². The summed E-state index contributed by atoms with van der Waals surface area (Å²) in [5, 5.41) is 5.58. The van der Waals surface area contributed by atoms with Crippen LogP contribution in [0.4, 0.5) is 0 Å². The minimum Gasteiger partial charge on any atom is -0.493 e. The van der Waals surface area contributed by atoms with Crippen molar-refractivity contribution in [2.45, 2.75) is 20.4 Å². The van der Waals surface area contributed by atoms with E-state index in [0.29, 0.717) is 30.5 Å². The number of pyridine rings is 1. The normalized spacial score (nSPS) is 10.4. The number of hydrogen-bond acceptors (Lipinski definition) is 5. The molecule has 2 amide bonds. The summed E-state index contributed by atoms with van der Waals surface area (Å²) in [4.78, 5) is 28.6. The van der Waals surface area contributed by atoms with Crippen LogP contribution in [0, 0.1) is 5.92 Å². The van der Waals surface area contributed by atoms with Gasteiger partial charge in [-0.15, -0.1) is 0 Å². The van der Waals surface area contributed by atoms with Gasteiger partial charge in [0.25, 0.3) is 11.8 Å². The van der Waals surface area contributed by atoms with Gasteiger partial charge in [0.15, 0.2) is 11.5 Å². The van der Waals surface area contributed by atoms with Crippen molar-refractivity contribution >= 4 is 11.8 Å². The number of carbonyl (C=O) groups is 2. The highest BCUT2D eigenvalue weighted by molar-refractivity contribution is 5.96. The number of hydrogen-bond donors (Lipinski definition) is 2. The predicted molar refractivity (Wildman–Crippen MR) is 102 cm³/mol. The van der Waals surface area contributed by atoms with Gasteiger partial charge in [-0.25, -0.2) is 4.98 Å². The van der Waals surface area contributed by atoms with E-state index in [1.807, 2.05) is 19.9 Å². The van der Waals surface area contributed by atoms with Crippen LogP contribution in [-0.2, 0) is 6.54 Å². The Hall–Kier alpha value is -3.09. The summed E-state index contributed by atoms with van der Waals surface area (Å²) in [5.74, 6) is 0.893. The van der Waals surface area contributed by atoms with Gasteiger partial charge in [-0.05, 0) is 35.7 Å². The fraction of sp³-hybridized carbons (Fsp3) is 0.350. The molecule has 0 saturated carbocycles. The van der Waals surface area contributed by atoms with Crippen LogP contribution in [0.1, 0.15) is 40.4 Å². The highest BCUT2D eigenvalue weighted by atomic mass is 16.5. The lowest BCUT2D eigenvalue weighted by Crippen LogP contribution is -2.29. The Labute approximate surface area is 159 Å². The number of nitrogens with zero attached hydrogens (tertiary/aromatic N) is 1. The highest BCUT2D eigenvalue weighted by Crippen LogP contribution is 2.27. The number of amides is 2. The molecule has 0 bridgehead atoms. The molecule has 0 saturated heterocycles. The molecule has 2 aromatic rings. The summed E-state index contributed by atoms with van der Waals surface area (Å²) in [6.45, 7) is 4.86. The third kappa shape index (κ3) is 5.70. The van der Waals surface area contributed by atoms with Gasteiger partial charge in [0.1, 0.15) is 11.4 Å². The molecule has 27 heavy (non-hydrogen) atoms. The molecule has 0 spiro atoms. The van der Waals surface area contributed by atoms with Crippen LogP contribution in [0.2, 0.25) is 0 Å². The molecule has 0 radical (unpaired) electrons. The Kier molecular flexibility index (Phi) is 7.16. The van der Waals surface area contributed by atoms with Crippen LogP contribution >= 0.6 is 0 Å². The van der Waals surface area contributed by atoms with Gasteiger partial charge >= 0.3 is 0 Å². The van der Waals surface area contributed by atoms with Crippen molar-refractivity contribution in [3.8, 4) is 11.5 Å². The van der Waals surface area contributed by atoms with Crippen molar-refractivity contribution in [2.24, 2.45) is 5.92 Å². The Balaban J connectivity index is 2.02. The lowest BCUT2D eigenvalue weighted by atomic mass is 10.2. The number of aromatic nitrogens is 1. The molecule has 7 heteroatoms.